The van der Waals surface area contributed by atoms with Crippen molar-refractivity contribution in [3.05, 3.63) is 34.3 Å². The van der Waals surface area contributed by atoms with Crippen LogP contribution in [0.2, 0.25) is 0 Å². The van der Waals surface area contributed by atoms with Crippen LogP contribution >= 0.6 is 0 Å². The van der Waals surface area contributed by atoms with Gasteiger partial charge in [0, 0.05) is 19.3 Å². The van der Waals surface area contributed by atoms with Crippen molar-refractivity contribution in [3.8, 4) is 0 Å². The third kappa shape index (κ3) is 6.78. The van der Waals surface area contributed by atoms with Gasteiger partial charge in [0.15, 0.2) is 0 Å². The number of carbonyl (C=O) groups excluding carboxylic acids is 1. The molecule has 3 heteroatoms. The fraction of sp³-hybridized carbons (Fsp3) is 0.829. The molecule has 1 heterocycles. The largest absolute Gasteiger partial charge is 0.466 e. The maximum absolute atomic E-state index is 13.0. The summed E-state index contributed by atoms with van der Waals surface area (Å²) in [6.45, 7) is 19.1. The first-order valence-electron chi connectivity index (χ1n) is 18.9. The quantitative estimate of drug-likeness (QED) is 0.127. The molecule has 0 spiro atoms. The zero-order valence-corrected chi connectivity index (χ0v) is 29.9. The second kappa shape index (κ2) is 14.1. The highest BCUT2D eigenvalue weighted by Gasteiger charge is 2.59. The third-order valence-electron chi connectivity index (χ3n) is 13.8. The summed E-state index contributed by atoms with van der Waals surface area (Å²) in [5.74, 6) is 7.19. The molecule has 0 N–H and O–H groups in total. The van der Waals surface area contributed by atoms with E-state index in [0.717, 1.165) is 66.3 Å². The molecule has 0 aliphatic heterocycles. The van der Waals surface area contributed by atoms with Crippen LogP contribution in [-0.2, 0) is 22.4 Å². The first-order valence-corrected chi connectivity index (χ1v) is 18.9. The smallest absolute Gasteiger partial charge is 0.306 e. The minimum Gasteiger partial charge on any atom is -0.466 e. The highest BCUT2D eigenvalue weighted by atomic mass is 16.5. The summed E-state index contributed by atoms with van der Waals surface area (Å²) < 4.78 is 12.4. The minimum absolute atomic E-state index is 0.0406. The first-order chi connectivity index (χ1) is 21.0. The molecule has 3 saturated carbocycles. The van der Waals surface area contributed by atoms with Gasteiger partial charge in [-0.25, -0.2) is 0 Å². The van der Waals surface area contributed by atoms with Gasteiger partial charge in [-0.3, -0.25) is 4.79 Å². The Morgan fingerprint density at radius 1 is 0.932 bits per heavy atom. The summed E-state index contributed by atoms with van der Waals surface area (Å²) in [4.78, 5) is 13.0. The highest BCUT2D eigenvalue weighted by Crippen LogP contribution is 2.67. The Labute approximate surface area is 270 Å². The molecule has 3 nitrogen and oxygen atoms in total. The van der Waals surface area contributed by atoms with Crippen LogP contribution in [0.1, 0.15) is 161 Å². The van der Waals surface area contributed by atoms with Crippen molar-refractivity contribution < 1.29 is 13.9 Å². The Balaban J connectivity index is 1.15. The summed E-state index contributed by atoms with van der Waals surface area (Å²) in [6.07, 6.45) is 22.7. The van der Waals surface area contributed by atoms with Gasteiger partial charge >= 0.3 is 5.97 Å². The number of fused-ring (bicyclic) bond motifs is 5. The maximum Gasteiger partial charge on any atom is 0.306 e. The van der Waals surface area contributed by atoms with Crippen LogP contribution in [0.5, 0.6) is 0 Å². The molecule has 248 valence electrons. The molecule has 0 radical (unpaired) electrons. The van der Waals surface area contributed by atoms with E-state index in [9.17, 15) is 4.79 Å². The predicted octanol–water partition coefficient (Wildman–Crippen LogP) is 11.5. The van der Waals surface area contributed by atoms with E-state index in [1.807, 2.05) is 0 Å². The normalized spacial score (nSPS) is 33.8. The molecule has 8 unspecified atom stereocenters. The summed E-state index contributed by atoms with van der Waals surface area (Å²) in [7, 11) is 0. The molecule has 5 rings (SSSR count). The lowest BCUT2D eigenvalue weighted by Crippen LogP contribution is -2.51. The number of unbranched alkanes of at least 4 members (excludes halogenated alkanes) is 2. The van der Waals surface area contributed by atoms with Gasteiger partial charge in [-0.15, -0.1) is 0 Å². The molecule has 0 amide bonds. The van der Waals surface area contributed by atoms with Gasteiger partial charge in [-0.2, -0.15) is 0 Å². The molecule has 3 fully saturated rings. The van der Waals surface area contributed by atoms with E-state index in [1.165, 1.54) is 88.2 Å². The van der Waals surface area contributed by atoms with Gasteiger partial charge < -0.3 is 9.15 Å². The molecular formula is C41H66O3. The van der Waals surface area contributed by atoms with Crippen molar-refractivity contribution in [3.63, 3.8) is 0 Å². The zero-order chi connectivity index (χ0) is 31.6. The van der Waals surface area contributed by atoms with Crippen LogP contribution in [0.4, 0.5) is 0 Å². The van der Waals surface area contributed by atoms with E-state index < -0.39 is 0 Å². The highest BCUT2D eigenvalue weighted by molar-refractivity contribution is 5.70. The van der Waals surface area contributed by atoms with E-state index in [0.29, 0.717) is 23.7 Å². The monoisotopic (exact) mass is 607 g/mol. The number of esters is 1. The number of rotatable bonds is 13. The fourth-order valence-electron chi connectivity index (χ4n) is 10.9. The summed E-state index contributed by atoms with van der Waals surface area (Å²) >= 11 is 0. The second-order valence-corrected chi connectivity index (χ2v) is 16.8. The Bertz CT molecular complexity index is 1160. The number of aryl methyl sites for hydroxylation is 2. The van der Waals surface area contributed by atoms with Gasteiger partial charge in [-0.05, 0) is 123 Å². The molecular weight excluding hydrogens is 540 g/mol. The Kier molecular flexibility index (Phi) is 10.8. The number of carbonyl (C=O) groups is 1. The van der Waals surface area contributed by atoms with Crippen LogP contribution in [0.15, 0.2) is 16.1 Å². The number of furan rings is 1. The number of ether oxygens (including phenoxy) is 1. The lowest BCUT2D eigenvalue weighted by atomic mass is 9.47. The first kappa shape index (κ1) is 33.8. The van der Waals surface area contributed by atoms with Crippen molar-refractivity contribution in [1.82, 2.24) is 0 Å². The topological polar surface area (TPSA) is 39.4 Å². The van der Waals surface area contributed by atoms with E-state index in [2.05, 4.69) is 61.5 Å². The van der Waals surface area contributed by atoms with Gasteiger partial charge in [0.2, 0.25) is 0 Å². The Morgan fingerprint density at radius 2 is 1.68 bits per heavy atom. The molecule has 8 atom stereocenters. The third-order valence-corrected chi connectivity index (χ3v) is 13.8. The van der Waals surface area contributed by atoms with Crippen LogP contribution in [-0.4, -0.2) is 12.1 Å². The zero-order valence-electron chi connectivity index (χ0n) is 29.9. The van der Waals surface area contributed by atoms with Crippen molar-refractivity contribution in [2.75, 3.05) is 0 Å². The van der Waals surface area contributed by atoms with Crippen molar-refractivity contribution >= 4 is 5.97 Å². The van der Waals surface area contributed by atoms with Gasteiger partial charge in [0.05, 0.1) is 6.42 Å². The average molecular weight is 607 g/mol. The molecule has 1 aromatic rings. The standard InChI is InChI=1S/C41H66O3/c1-9-10-11-15-37-29(5)30(6)38(44-37)20-21-39(42)43-32-22-24-40(7)31(26-32)16-17-33-35-19-18-34(28(4)14-12-13-27(2)3)41(35,8)25-23-36(33)40/h16,27-28,32-36H,9-15,17-26H2,1-8H3. The van der Waals surface area contributed by atoms with Crippen LogP contribution < -0.4 is 0 Å². The molecule has 0 saturated heterocycles. The van der Waals surface area contributed by atoms with Gasteiger partial charge in [0.25, 0.3) is 0 Å². The summed E-state index contributed by atoms with van der Waals surface area (Å²) in [5.41, 5.74) is 4.93. The van der Waals surface area contributed by atoms with Gasteiger partial charge in [0.1, 0.15) is 17.6 Å². The van der Waals surface area contributed by atoms with E-state index in [1.54, 1.807) is 5.57 Å². The minimum atomic E-state index is -0.0539. The maximum atomic E-state index is 13.0. The number of hydrogen-bond acceptors (Lipinski definition) is 3. The van der Waals surface area contributed by atoms with Crippen molar-refractivity contribution in [2.45, 2.75) is 171 Å². The lowest BCUT2D eigenvalue weighted by molar-refractivity contribution is -0.151. The fourth-order valence-corrected chi connectivity index (χ4v) is 10.9. The van der Waals surface area contributed by atoms with E-state index >= 15 is 0 Å². The Hall–Kier alpha value is -1.51. The van der Waals surface area contributed by atoms with Gasteiger partial charge in [-0.1, -0.05) is 85.3 Å². The molecule has 1 aromatic heterocycles. The SMILES string of the molecule is CCCCCc1oc(CCC(=O)OC2CCC3(C)C(=CCC4C3CCC3(C)C(C(C)CCCC(C)C)CCC43)C2)c(C)c1C. The molecule has 44 heavy (non-hydrogen) atoms. The molecule has 0 aromatic carbocycles. The molecule has 4 aliphatic carbocycles. The van der Waals surface area contributed by atoms with Crippen molar-refractivity contribution in [2.24, 2.45) is 46.3 Å². The van der Waals surface area contributed by atoms with E-state index in [-0.39, 0.29) is 12.1 Å². The second-order valence-electron chi connectivity index (χ2n) is 16.8. The average Bonchev–Trinajstić information content (AvgIpc) is 3.47. The van der Waals surface area contributed by atoms with E-state index in [4.69, 9.17) is 9.15 Å². The molecule has 4 aliphatic rings. The van der Waals surface area contributed by atoms with Crippen LogP contribution in [0, 0.1) is 60.2 Å². The van der Waals surface area contributed by atoms with Crippen LogP contribution in [0.3, 0.4) is 0 Å². The number of allylic oxidation sites excluding steroid dienone is 1. The summed E-state index contributed by atoms with van der Waals surface area (Å²) in [6, 6.07) is 0. The van der Waals surface area contributed by atoms with Crippen molar-refractivity contribution in [1.29, 1.82) is 0 Å². The predicted molar refractivity (Wildman–Crippen MR) is 183 cm³/mol. The number of hydrogen-bond donors (Lipinski definition) is 0. The molecule has 0 bridgehead atoms. The Morgan fingerprint density at radius 3 is 2.41 bits per heavy atom. The lowest BCUT2D eigenvalue weighted by Gasteiger charge is -2.58. The summed E-state index contributed by atoms with van der Waals surface area (Å²) in [5, 5.41) is 0. The van der Waals surface area contributed by atoms with Crippen LogP contribution in [0.25, 0.3) is 0 Å².